The van der Waals surface area contributed by atoms with Crippen molar-refractivity contribution in [1.82, 2.24) is 5.43 Å². The van der Waals surface area contributed by atoms with E-state index in [9.17, 15) is 13.2 Å². The summed E-state index contributed by atoms with van der Waals surface area (Å²) in [4.78, 5) is 12.0. The number of carbonyl (C=O) groups is 1. The smallest absolute Gasteiger partial charge is 0.244 e. The Kier molecular flexibility index (Phi) is 5.82. The lowest BCUT2D eigenvalue weighted by atomic mass is 10.1. The maximum Gasteiger partial charge on any atom is 0.244 e. The molecular weight excluding hydrogens is 332 g/mol. The molecular formula is C16H22N2O5S. The Morgan fingerprint density at radius 1 is 1.42 bits per heavy atom. The molecule has 1 amide bonds. The van der Waals surface area contributed by atoms with Crippen LogP contribution in [0.3, 0.4) is 0 Å². The summed E-state index contributed by atoms with van der Waals surface area (Å²) in [6.07, 6.45) is 1.75. The normalized spacial score (nSPS) is 19.6. The highest BCUT2D eigenvalue weighted by atomic mass is 32.2. The Morgan fingerprint density at radius 2 is 2.17 bits per heavy atom. The maximum atomic E-state index is 12.0. The lowest BCUT2D eigenvalue weighted by Crippen LogP contribution is -2.27. The SMILES string of the molecule is COc1cccc(/C=N\NC(=O)[C@H]2CCS(=O)(=O)C2)c1OC(C)C. The number of amides is 1. The van der Waals surface area contributed by atoms with Gasteiger partial charge >= 0.3 is 0 Å². The number of nitrogens with zero attached hydrogens (tertiary/aromatic N) is 1. The number of methoxy groups -OCH3 is 1. The molecule has 1 saturated heterocycles. The summed E-state index contributed by atoms with van der Waals surface area (Å²) in [5.74, 6) is 0.120. The summed E-state index contributed by atoms with van der Waals surface area (Å²) in [7, 11) is -1.55. The third-order valence-electron chi connectivity index (χ3n) is 3.56. The molecule has 0 saturated carbocycles. The number of hydrogen-bond acceptors (Lipinski definition) is 6. The van der Waals surface area contributed by atoms with Crippen LogP contribution in [0.1, 0.15) is 25.8 Å². The van der Waals surface area contributed by atoms with Crippen molar-refractivity contribution in [1.29, 1.82) is 0 Å². The molecule has 1 aliphatic heterocycles. The average molecular weight is 354 g/mol. The Labute approximate surface area is 142 Å². The van der Waals surface area contributed by atoms with E-state index < -0.39 is 15.8 Å². The molecule has 1 aromatic rings. The van der Waals surface area contributed by atoms with E-state index >= 15 is 0 Å². The van der Waals surface area contributed by atoms with Crippen LogP contribution in [0.15, 0.2) is 23.3 Å². The van der Waals surface area contributed by atoms with Crippen molar-refractivity contribution in [3.05, 3.63) is 23.8 Å². The Bertz CT molecular complexity index is 728. The lowest BCUT2D eigenvalue weighted by Gasteiger charge is -2.15. The molecule has 0 unspecified atom stereocenters. The van der Waals surface area contributed by atoms with Gasteiger partial charge in [0.25, 0.3) is 0 Å². The van der Waals surface area contributed by atoms with Crippen LogP contribution < -0.4 is 14.9 Å². The van der Waals surface area contributed by atoms with Gasteiger partial charge in [-0.1, -0.05) is 6.07 Å². The van der Waals surface area contributed by atoms with Gasteiger partial charge in [-0.15, -0.1) is 0 Å². The minimum Gasteiger partial charge on any atom is -0.493 e. The first-order chi connectivity index (χ1) is 11.3. The second-order valence-corrected chi connectivity index (χ2v) is 8.11. The van der Waals surface area contributed by atoms with Gasteiger partial charge in [-0.2, -0.15) is 5.10 Å². The van der Waals surface area contributed by atoms with E-state index in [-0.39, 0.29) is 23.5 Å². The van der Waals surface area contributed by atoms with Crippen LogP contribution in [-0.4, -0.2) is 45.3 Å². The summed E-state index contributed by atoms with van der Waals surface area (Å²) in [6.45, 7) is 3.80. The topological polar surface area (TPSA) is 94.1 Å². The van der Waals surface area contributed by atoms with E-state index in [0.29, 0.717) is 23.5 Å². The standard InChI is InChI=1S/C16H22N2O5S/c1-11(2)23-15-12(5-4-6-14(15)22-3)9-17-18-16(19)13-7-8-24(20,21)10-13/h4-6,9,11,13H,7-8,10H2,1-3H3,(H,18,19)/b17-9-/t13-/m0/s1. The Hall–Kier alpha value is -2.09. The predicted molar refractivity (Wildman–Crippen MR) is 91.3 cm³/mol. The maximum absolute atomic E-state index is 12.0. The van der Waals surface area contributed by atoms with Crippen LogP contribution in [0.4, 0.5) is 0 Å². The third kappa shape index (κ3) is 4.70. The number of rotatable bonds is 6. The van der Waals surface area contributed by atoms with Gasteiger partial charge < -0.3 is 9.47 Å². The number of ether oxygens (including phenoxy) is 2. The molecule has 0 spiro atoms. The second kappa shape index (κ2) is 7.65. The van der Waals surface area contributed by atoms with Gasteiger partial charge in [-0.3, -0.25) is 4.79 Å². The number of benzene rings is 1. The van der Waals surface area contributed by atoms with E-state index in [1.165, 1.54) is 6.21 Å². The summed E-state index contributed by atoms with van der Waals surface area (Å²) in [6, 6.07) is 5.35. The van der Waals surface area contributed by atoms with Crippen LogP contribution in [-0.2, 0) is 14.6 Å². The molecule has 0 aromatic heterocycles. The zero-order chi connectivity index (χ0) is 17.7. The number of carbonyl (C=O) groups excluding carboxylic acids is 1. The fraction of sp³-hybridized carbons (Fsp3) is 0.500. The molecule has 132 valence electrons. The Balaban J connectivity index is 2.07. The Morgan fingerprint density at radius 3 is 2.75 bits per heavy atom. The van der Waals surface area contributed by atoms with Crippen molar-refractivity contribution in [3.63, 3.8) is 0 Å². The van der Waals surface area contributed by atoms with E-state index in [1.54, 1.807) is 25.3 Å². The van der Waals surface area contributed by atoms with Crippen LogP contribution >= 0.6 is 0 Å². The molecule has 1 N–H and O–H groups in total. The van der Waals surface area contributed by atoms with Crippen molar-refractivity contribution < 1.29 is 22.7 Å². The first-order valence-electron chi connectivity index (χ1n) is 7.69. The minimum atomic E-state index is -3.10. The molecule has 8 heteroatoms. The molecule has 24 heavy (non-hydrogen) atoms. The van der Waals surface area contributed by atoms with Gasteiger partial charge in [0.1, 0.15) is 0 Å². The quantitative estimate of drug-likeness (QED) is 0.615. The van der Waals surface area contributed by atoms with Gasteiger partial charge in [0.2, 0.25) is 5.91 Å². The lowest BCUT2D eigenvalue weighted by molar-refractivity contribution is -0.124. The molecule has 2 rings (SSSR count). The highest BCUT2D eigenvalue weighted by Gasteiger charge is 2.32. The van der Waals surface area contributed by atoms with Crippen molar-refractivity contribution in [3.8, 4) is 11.5 Å². The van der Waals surface area contributed by atoms with Crippen molar-refractivity contribution in [2.75, 3.05) is 18.6 Å². The first kappa shape index (κ1) is 18.3. The van der Waals surface area contributed by atoms with Gasteiger partial charge in [-0.25, -0.2) is 13.8 Å². The minimum absolute atomic E-state index is 0.0493. The largest absolute Gasteiger partial charge is 0.493 e. The van der Waals surface area contributed by atoms with Crippen LogP contribution in [0.5, 0.6) is 11.5 Å². The van der Waals surface area contributed by atoms with E-state index in [1.807, 2.05) is 13.8 Å². The third-order valence-corrected chi connectivity index (χ3v) is 5.33. The summed E-state index contributed by atoms with van der Waals surface area (Å²) >= 11 is 0. The van der Waals surface area contributed by atoms with Gasteiger partial charge in [0.05, 0.1) is 36.9 Å². The van der Waals surface area contributed by atoms with Crippen LogP contribution in [0, 0.1) is 5.92 Å². The van der Waals surface area contributed by atoms with Crippen molar-refractivity contribution >= 4 is 22.0 Å². The molecule has 0 aliphatic carbocycles. The molecule has 0 bridgehead atoms. The molecule has 1 fully saturated rings. The van der Waals surface area contributed by atoms with Gasteiger partial charge in [0.15, 0.2) is 21.3 Å². The van der Waals surface area contributed by atoms with Crippen molar-refractivity contribution in [2.24, 2.45) is 11.0 Å². The van der Waals surface area contributed by atoms with Crippen molar-refractivity contribution in [2.45, 2.75) is 26.4 Å². The summed E-state index contributed by atoms with van der Waals surface area (Å²) < 4.78 is 33.8. The van der Waals surface area contributed by atoms with Gasteiger partial charge in [0, 0.05) is 5.56 Å². The number of nitrogens with one attached hydrogen (secondary N) is 1. The number of sulfone groups is 1. The zero-order valence-corrected chi connectivity index (χ0v) is 14.8. The highest BCUT2D eigenvalue weighted by Crippen LogP contribution is 2.30. The predicted octanol–water partition coefficient (Wildman–Crippen LogP) is 1.37. The molecule has 1 atom stereocenters. The van der Waals surface area contributed by atoms with Crippen LogP contribution in [0.2, 0.25) is 0 Å². The molecule has 1 aromatic carbocycles. The summed E-state index contributed by atoms with van der Waals surface area (Å²) in [5, 5.41) is 3.92. The summed E-state index contributed by atoms with van der Waals surface area (Å²) in [5.41, 5.74) is 3.05. The molecule has 1 aliphatic rings. The van der Waals surface area contributed by atoms with E-state index in [4.69, 9.17) is 9.47 Å². The monoisotopic (exact) mass is 354 g/mol. The number of hydrazone groups is 1. The average Bonchev–Trinajstić information content (AvgIpc) is 2.88. The fourth-order valence-corrected chi connectivity index (χ4v) is 4.16. The fourth-order valence-electron chi connectivity index (χ4n) is 2.42. The number of para-hydroxylation sites is 1. The molecule has 0 radical (unpaired) electrons. The zero-order valence-electron chi connectivity index (χ0n) is 14.0. The number of hydrogen-bond donors (Lipinski definition) is 1. The van der Waals surface area contributed by atoms with Crippen LogP contribution in [0.25, 0.3) is 0 Å². The first-order valence-corrected chi connectivity index (χ1v) is 9.51. The van der Waals surface area contributed by atoms with E-state index in [0.717, 1.165) is 0 Å². The highest BCUT2D eigenvalue weighted by molar-refractivity contribution is 7.91. The van der Waals surface area contributed by atoms with Gasteiger partial charge in [-0.05, 0) is 32.4 Å². The second-order valence-electron chi connectivity index (χ2n) is 5.88. The molecule has 1 heterocycles. The molecule has 7 nitrogen and oxygen atoms in total. The van der Waals surface area contributed by atoms with E-state index in [2.05, 4.69) is 10.5 Å².